The summed E-state index contributed by atoms with van der Waals surface area (Å²) in [5.74, 6) is 0.828. The Balaban J connectivity index is 2.22. The molecule has 1 atom stereocenters. The highest BCUT2D eigenvalue weighted by Gasteiger charge is 2.24. The Hall–Kier alpha value is -1.55. The molecule has 0 aliphatic carbocycles. The molecule has 4 heteroatoms. The Morgan fingerprint density at radius 2 is 2.15 bits per heavy atom. The lowest BCUT2D eigenvalue weighted by molar-refractivity contribution is -0.119. The number of methoxy groups -OCH3 is 1. The van der Waals surface area contributed by atoms with E-state index in [1.165, 1.54) is 5.56 Å². The van der Waals surface area contributed by atoms with Crippen LogP contribution in [-0.4, -0.2) is 26.1 Å². The number of anilines is 1. The monoisotopic (exact) mass is 276 g/mol. The maximum Gasteiger partial charge on any atom is 0.228 e. The second kappa shape index (κ2) is 5.83. The molecular weight excluding hydrogens is 252 g/mol. The molecule has 1 unspecified atom stereocenters. The summed E-state index contributed by atoms with van der Waals surface area (Å²) in [6.45, 7) is 8.13. The number of nitrogens with one attached hydrogen (secondary N) is 2. The van der Waals surface area contributed by atoms with Crippen LogP contribution in [0.1, 0.15) is 32.8 Å². The molecule has 1 aromatic rings. The zero-order valence-electron chi connectivity index (χ0n) is 12.7. The lowest BCUT2D eigenvalue weighted by Gasteiger charge is -2.21. The summed E-state index contributed by atoms with van der Waals surface area (Å²) in [6.07, 6.45) is 0.896. The fourth-order valence-corrected chi connectivity index (χ4v) is 2.39. The molecule has 0 aromatic heterocycles. The first kappa shape index (κ1) is 14.9. The number of hydrogen-bond acceptors (Lipinski definition) is 3. The van der Waals surface area contributed by atoms with Gasteiger partial charge in [-0.05, 0) is 36.1 Å². The average molecular weight is 276 g/mol. The zero-order chi connectivity index (χ0) is 14.8. The topological polar surface area (TPSA) is 50.4 Å². The fraction of sp³-hybridized carbons (Fsp3) is 0.562. The molecule has 1 fully saturated rings. The van der Waals surface area contributed by atoms with E-state index < -0.39 is 0 Å². The lowest BCUT2D eigenvalue weighted by atomic mass is 9.86. The number of benzene rings is 1. The number of carbonyl (C=O) groups excluding carboxylic acids is 1. The highest BCUT2D eigenvalue weighted by atomic mass is 16.5. The van der Waals surface area contributed by atoms with Crippen molar-refractivity contribution in [2.45, 2.75) is 32.6 Å². The first-order chi connectivity index (χ1) is 9.41. The van der Waals surface area contributed by atoms with Gasteiger partial charge >= 0.3 is 0 Å². The van der Waals surface area contributed by atoms with Crippen molar-refractivity contribution < 1.29 is 9.53 Å². The van der Waals surface area contributed by atoms with Crippen LogP contribution in [0.2, 0.25) is 0 Å². The number of ether oxygens (including phenoxy) is 1. The van der Waals surface area contributed by atoms with Crippen LogP contribution in [0.15, 0.2) is 18.2 Å². The summed E-state index contributed by atoms with van der Waals surface area (Å²) in [4.78, 5) is 12.2. The molecular formula is C16H24N2O2. The minimum absolute atomic E-state index is 0.0423. The van der Waals surface area contributed by atoms with Gasteiger partial charge in [-0.2, -0.15) is 0 Å². The van der Waals surface area contributed by atoms with Crippen LogP contribution in [0.5, 0.6) is 5.75 Å². The van der Waals surface area contributed by atoms with Crippen LogP contribution in [0.25, 0.3) is 0 Å². The van der Waals surface area contributed by atoms with Gasteiger partial charge < -0.3 is 15.4 Å². The smallest absolute Gasteiger partial charge is 0.228 e. The first-order valence-corrected chi connectivity index (χ1v) is 7.12. The molecule has 4 nitrogen and oxygen atoms in total. The van der Waals surface area contributed by atoms with E-state index in [9.17, 15) is 4.79 Å². The van der Waals surface area contributed by atoms with Crippen molar-refractivity contribution in [1.29, 1.82) is 0 Å². The quantitative estimate of drug-likeness (QED) is 0.892. The first-order valence-electron chi connectivity index (χ1n) is 7.12. The van der Waals surface area contributed by atoms with Gasteiger partial charge in [0.15, 0.2) is 0 Å². The van der Waals surface area contributed by atoms with Crippen molar-refractivity contribution in [3.05, 3.63) is 23.8 Å². The molecule has 1 saturated heterocycles. The minimum atomic E-state index is 0.0423. The van der Waals surface area contributed by atoms with Gasteiger partial charge in [0.1, 0.15) is 5.75 Å². The van der Waals surface area contributed by atoms with Crippen molar-refractivity contribution in [3.8, 4) is 5.75 Å². The van der Waals surface area contributed by atoms with E-state index in [0.717, 1.165) is 25.2 Å². The Morgan fingerprint density at radius 3 is 2.70 bits per heavy atom. The predicted molar refractivity (Wildman–Crippen MR) is 81.3 cm³/mol. The number of amides is 1. The third-order valence-electron chi connectivity index (χ3n) is 3.75. The Labute approximate surface area is 120 Å². The second-order valence-electron chi connectivity index (χ2n) is 6.34. The van der Waals surface area contributed by atoms with E-state index >= 15 is 0 Å². The molecule has 0 saturated carbocycles. The SMILES string of the molecule is COc1ccc(C(C)(C)C)cc1NC(=O)C1CCNC1. The Morgan fingerprint density at radius 1 is 1.40 bits per heavy atom. The normalized spacial score (nSPS) is 18.9. The Kier molecular flexibility index (Phi) is 4.33. The molecule has 2 rings (SSSR count). The fourth-order valence-electron chi connectivity index (χ4n) is 2.39. The Bertz CT molecular complexity index is 486. The molecule has 0 spiro atoms. The van der Waals surface area contributed by atoms with Crippen LogP contribution in [-0.2, 0) is 10.2 Å². The van der Waals surface area contributed by atoms with E-state index in [0.29, 0.717) is 5.75 Å². The molecule has 0 radical (unpaired) electrons. The molecule has 110 valence electrons. The minimum Gasteiger partial charge on any atom is -0.495 e. The van der Waals surface area contributed by atoms with Crippen molar-refractivity contribution >= 4 is 11.6 Å². The van der Waals surface area contributed by atoms with Gasteiger partial charge in [0, 0.05) is 6.54 Å². The maximum absolute atomic E-state index is 12.2. The van der Waals surface area contributed by atoms with E-state index in [4.69, 9.17) is 4.74 Å². The van der Waals surface area contributed by atoms with Crippen molar-refractivity contribution in [2.24, 2.45) is 5.92 Å². The van der Waals surface area contributed by atoms with Gasteiger partial charge in [0.05, 0.1) is 18.7 Å². The molecule has 1 aromatic carbocycles. The second-order valence-corrected chi connectivity index (χ2v) is 6.34. The van der Waals surface area contributed by atoms with Gasteiger partial charge in [-0.25, -0.2) is 0 Å². The molecule has 20 heavy (non-hydrogen) atoms. The molecule has 0 bridgehead atoms. The number of carbonyl (C=O) groups is 1. The number of hydrogen-bond donors (Lipinski definition) is 2. The maximum atomic E-state index is 12.2. The average Bonchev–Trinajstić information content (AvgIpc) is 2.91. The van der Waals surface area contributed by atoms with Crippen LogP contribution < -0.4 is 15.4 Å². The molecule has 1 aliphatic heterocycles. The van der Waals surface area contributed by atoms with Gasteiger partial charge in [-0.1, -0.05) is 26.8 Å². The van der Waals surface area contributed by atoms with Gasteiger partial charge in [-0.15, -0.1) is 0 Å². The van der Waals surface area contributed by atoms with E-state index in [2.05, 4.69) is 31.4 Å². The highest BCUT2D eigenvalue weighted by molar-refractivity contribution is 5.94. The molecule has 2 N–H and O–H groups in total. The number of rotatable bonds is 3. The zero-order valence-corrected chi connectivity index (χ0v) is 12.7. The molecule has 1 aliphatic rings. The van der Waals surface area contributed by atoms with Gasteiger partial charge in [0.2, 0.25) is 5.91 Å². The summed E-state index contributed by atoms with van der Waals surface area (Å²) in [7, 11) is 1.62. The van der Waals surface area contributed by atoms with Crippen LogP contribution >= 0.6 is 0 Å². The van der Waals surface area contributed by atoms with Crippen molar-refractivity contribution in [3.63, 3.8) is 0 Å². The van der Waals surface area contributed by atoms with E-state index in [1.807, 2.05) is 18.2 Å². The summed E-state index contributed by atoms with van der Waals surface area (Å²) in [6, 6.07) is 5.98. The molecule has 1 amide bonds. The third-order valence-corrected chi connectivity index (χ3v) is 3.75. The predicted octanol–water partition coefficient (Wildman–Crippen LogP) is 2.54. The standard InChI is InChI=1S/C16H24N2O2/c1-16(2,3)12-5-6-14(20-4)13(9-12)18-15(19)11-7-8-17-10-11/h5-6,9,11,17H,7-8,10H2,1-4H3,(H,18,19). The van der Waals surface area contributed by atoms with Crippen molar-refractivity contribution in [2.75, 3.05) is 25.5 Å². The van der Waals surface area contributed by atoms with Crippen LogP contribution in [0.3, 0.4) is 0 Å². The largest absolute Gasteiger partial charge is 0.495 e. The van der Waals surface area contributed by atoms with Gasteiger partial charge in [0.25, 0.3) is 0 Å². The van der Waals surface area contributed by atoms with Crippen LogP contribution in [0, 0.1) is 5.92 Å². The third kappa shape index (κ3) is 3.31. The van der Waals surface area contributed by atoms with E-state index in [-0.39, 0.29) is 17.2 Å². The van der Waals surface area contributed by atoms with Crippen LogP contribution in [0.4, 0.5) is 5.69 Å². The molecule has 1 heterocycles. The summed E-state index contributed by atoms with van der Waals surface area (Å²) in [5.41, 5.74) is 1.98. The van der Waals surface area contributed by atoms with Crippen molar-refractivity contribution in [1.82, 2.24) is 5.32 Å². The summed E-state index contributed by atoms with van der Waals surface area (Å²) >= 11 is 0. The highest BCUT2D eigenvalue weighted by Crippen LogP contribution is 2.31. The summed E-state index contributed by atoms with van der Waals surface area (Å²) < 4.78 is 5.35. The summed E-state index contributed by atoms with van der Waals surface area (Å²) in [5, 5.41) is 6.22. The lowest BCUT2D eigenvalue weighted by Crippen LogP contribution is -2.25. The van der Waals surface area contributed by atoms with E-state index in [1.54, 1.807) is 7.11 Å². The van der Waals surface area contributed by atoms with Gasteiger partial charge in [-0.3, -0.25) is 4.79 Å².